The van der Waals surface area contributed by atoms with Gasteiger partial charge in [-0.25, -0.2) is 0 Å². The van der Waals surface area contributed by atoms with Gasteiger partial charge in [0.2, 0.25) is 11.8 Å². The maximum Gasteiger partial charge on any atom is 0.230 e. The summed E-state index contributed by atoms with van der Waals surface area (Å²) < 4.78 is 0. The zero-order chi connectivity index (χ0) is 9.84. The summed E-state index contributed by atoms with van der Waals surface area (Å²) in [4.78, 5) is 24.0. The lowest BCUT2D eigenvalue weighted by atomic mass is 10.1. The molecular formula is C10H13NO2. The lowest BCUT2D eigenvalue weighted by Crippen LogP contribution is -2.46. The minimum atomic E-state index is -0.347. The molecule has 1 unspecified atom stereocenters. The lowest BCUT2D eigenvalue weighted by molar-refractivity contribution is -0.149. The fraction of sp³-hybridized carbons (Fsp3) is 0.600. The summed E-state index contributed by atoms with van der Waals surface area (Å²) in [6.45, 7) is 1.87. The zero-order valence-corrected chi connectivity index (χ0v) is 7.75. The van der Waals surface area contributed by atoms with Crippen molar-refractivity contribution in [1.82, 2.24) is 4.90 Å². The zero-order valence-electron chi connectivity index (χ0n) is 7.75. The number of hydrogen-bond acceptors (Lipinski definition) is 2. The van der Waals surface area contributed by atoms with Gasteiger partial charge in [-0.2, -0.15) is 0 Å². The fourth-order valence-electron chi connectivity index (χ4n) is 1.49. The van der Waals surface area contributed by atoms with Gasteiger partial charge < -0.3 is 0 Å². The quantitative estimate of drug-likeness (QED) is 0.467. The van der Waals surface area contributed by atoms with Crippen LogP contribution in [0.2, 0.25) is 0 Å². The Labute approximate surface area is 78.1 Å². The standard InChI is InChI=1S/C10H13NO2/c1-3-8(4-2)11-9(12)6-5-7-10(11)13/h1,8H,4-7H2,2H3. The van der Waals surface area contributed by atoms with Crippen molar-refractivity contribution < 1.29 is 9.59 Å². The highest BCUT2D eigenvalue weighted by Gasteiger charge is 2.30. The van der Waals surface area contributed by atoms with E-state index in [4.69, 9.17) is 6.42 Å². The van der Waals surface area contributed by atoms with Crippen molar-refractivity contribution in [1.29, 1.82) is 0 Å². The highest BCUT2D eigenvalue weighted by atomic mass is 16.2. The molecule has 1 atom stereocenters. The van der Waals surface area contributed by atoms with Gasteiger partial charge in [-0.15, -0.1) is 6.42 Å². The van der Waals surface area contributed by atoms with Crippen LogP contribution in [0, 0.1) is 12.3 Å². The number of carbonyl (C=O) groups is 2. The molecule has 0 aromatic carbocycles. The van der Waals surface area contributed by atoms with E-state index in [9.17, 15) is 9.59 Å². The summed E-state index contributed by atoms with van der Waals surface area (Å²) in [6, 6.07) is -0.347. The maximum absolute atomic E-state index is 11.4. The summed E-state index contributed by atoms with van der Waals surface area (Å²) in [7, 11) is 0. The first kappa shape index (κ1) is 9.79. The van der Waals surface area contributed by atoms with E-state index in [1.54, 1.807) is 0 Å². The molecule has 0 aromatic rings. The molecule has 1 aliphatic heterocycles. The Balaban J connectivity index is 2.80. The molecule has 2 amide bonds. The molecule has 70 valence electrons. The van der Waals surface area contributed by atoms with E-state index in [-0.39, 0.29) is 17.9 Å². The van der Waals surface area contributed by atoms with Gasteiger partial charge >= 0.3 is 0 Å². The van der Waals surface area contributed by atoms with Crippen LogP contribution in [0.15, 0.2) is 0 Å². The molecule has 0 saturated carbocycles. The minimum Gasteiger partial charge on any atom is -0.274 e. The van der Waals surface area contributed by atoms with E-state index in [1.165, 1.54) is 4.90 Å². The number of piperidine rings is 1. The van der Waals surface area contributed by atoms with E-state index in [0.29, 0.717) is 25.7 Å². The highest BCUT2D eigenvalue weighted by molar-refractivity contribution is 5.98. The molecule has 0 bridgehead atoms. The van der Waals surface area contributed by atoms with Crippen molar-refractivity contribution >= 4 is 11.8 Å². The Morgan fingerprint density at radius 1 is 1.46 bits per heavy atom. The molecule has 1 fully saturated rings. The van der Waals surface area contributed by atoms with E-state index < -0.39 is 0 Å². The van der Waals surface area contributed by atoms with Crippen LogP contribution in [0.4, 0.5) is 0 Å². The number of imide groups is 1. The molecule has 0 N–H and O–H groups in total. The second kappa shape index (κ2) is 4.08. The molecular weight excluding hydrogens is 166 g/mol. The Bertz CT molecular complexity index is 249. The second-order valence-electron chi connectivity index (χ2n) is 3.10. The third-order valence-electron chi connectivity index (χ3n) is 2.21. The molecule has 1 heterocycles. The van der Waals surface area contributed by atoms with Crippen LogP contribution in [-0.4, -0.2) is 22.8 Å². The normalized spacial score (nSPS) is 19.8. The molecule has 3 heteroatoms. The Morgan fingerprint density at radius 3 is 2.38 bits per heavy atom. The average Bonchev–Trinajstić information content (AvgIpc) is 2.11. The second-order valence-corrected chi connectivity index (χ2v) is 3.10. The van der Waals surface area contributed by atoms with Crippen molar-refractivity contribution in [3.05, 3.63) is 0 Å². The summed E-state index contributed by atoms with van der Waals surface area (Å²) in [5.74, 6) is 2.22. The van der Waals surface area contributed by atoms with Crippen molar-refractivity contribution in [3.63, 3.8) is 0 Å². The highest BCUT2D eigenvalue weighted by Crippen LogP contribution is 2.16. The molecule has 1 saturated heterocycles. The topological polar surface area (TPSA) is 37.4 Å². The molecule has 0 aromatic heterocycles. The van der Waals surface area contributed by atoms with E-state index in [2.05, 4.69) is 5.92 Å². The number of likely N-dealkylation sites (tertiary alicyclic amines) is 1. The third-order valence-corrected chi connectivity index (χ3v) is 2.21. The van der Waals surface area contributed by atoms with Crippen LogP contribution >= 0.6 is 0 Å². The van der Waals surface area contributed by atoms with Gasteiger partial charge in [0.25, 0.3) is 0 Å². The first-order chi connectivity index (χ1) is 6.20. The molecule has 0 spiro atoms. The van der Waals surface area contributed by atoms with Crippen molar-refractivity contribution in [3.8, 4) is 12.3 Å². The number of amides is 2. The van der Waals surface area contributed by atoms with Gasteiger partial charge in [-0.3, -0.25) is 14.5 Å². The smallest absolute Gasteiger partial charge is 0.230 e. The monoisotopic (exact) mass is 179 g/mol. The third kappa shape index (κ3) is 1.89. The molecule has 1 aliphatic rings. The summed E-state index contributed by atoms with van der Waals surface area (Å²) in [6.07, 6.45) is 7.43. The Morgan fingerprint density at radius 2 is 2.00 bits per heavy atom. The van der Waals surface area contributed by atoms with Gasteiger partial charge in [0.05, 0.1) is 0 Å². The number of carbonyl (C=O) groups excluding carboxylic acids is 2. The van der Waals surface area contributed by atoms with Crippen molar-refractivity contribution in [2.45, 2.75) is 38.6 Å². The predicted molar refractivity (Wildman–Crippen MR) is 48.6 cm³/mol. The van der Waals surface area contributed by atoms with Crippen LogP contribution in [-0.2, 0) is 9.59 Å². The molecule has 0 aliphatic carbocycles. The summed E-state index contributed by atoms with van der Waals surface area (Å²) in [5, 5.41) is 0. The Kier molecular flexibility index (Phi) is 3.07. The largest absolute Gasteiger partial charge is 0.274 e. The average molecular weight is 179 g/mol. The van der Waals surface area contributed by atoms with Gasteiger partial charge in [0, 0.05) is 12.8 Å². The first-order valence-electron chi connectivity index (χ1n) is 4.51. The van der Waals surface area contributed by atoms with Crippen molar-refractivity contribution in [2.24, 2.45) is 0 Å². The van der Waals surface area contributed by atoms with Crippen molar-refractivity contribution in [2.75, 3.05) is 0 Å². The summed E-state index contributed by atoms with van der Waals surface area (Å²) in [5.41, 5.74) is 0. The van der Waals surface area contributed by atoms with Crippen LogP contribution in [0.3, 0.4) is 0 Å². The number of terminal acetylenes is 1. The first-order valence-corrected chi connectivity index (χ1v) is 4.51. The lowest BCUT2D eigenvalue weighted by Gasteiger charge is -2.29. The summed E-state index contributed by atoms with van der Waals surface area (Å²) >= 11 is 0. The van der Waals surface area contributed by atoms with E-state index in [0.717, 1.165) is 0 Å². The Hall–Kier alpha value is -1.30. The minimum absolute atomic E-state index is 0.124. The van der Waals surface area contributed by atoms with Gasteiger partial charge in [-0.05, 0) is 12.8 Å². The maximum atomic E-state index is 11.4. The fourth-order valence-corrected chi connectivity index (χ4v) is 1.49. The van der Waals surface area contributed by atoms with Gasteiger partial charge in [0.1, 0.15) is 6.04 Å². The van der Waals surface area contributed by atoms with Crippen LogP contribution in [0.25, 0.3) is 0 Å². The van der Waals surface area contributed by atoms with Gasteiger partial charge in [0.15, 0.2) is 0 Å². The predicted octanol–water partition coefficient (Wildman–Crippen LogP) is 0.937. The molecule has 1 rings (SSSR count). The number of hydrogen-bond donors (Lipinski definition) is 0. The molecule has 3 nitrogen and oxygen atoms in total. The van der Waals surface area contributed by atoms with Crippen LogP contribution in [0.5, 0.6) is 0 Å². The number of rotatable bonds is 2. The molecule has 13 heavy (non-hydrogen) atoms. The van der Waals surface area contributed by atoms with Gasteiger partial charge in [-0.1, -0.05) is 12.8 Å². The van der Waals surface area contributed by atoms with Crippen LogP contribution in [0.1, 0.15) is 32.6 Å². The molecule has 0 radical (unpaired) electrons. The number of nitrogens with zero attached hydrogens (tertiary/aromatic N) is 1. The van der Waals surface area contributed by atoms with E-state index in [1.807, 2.05) is 6.92 Å². The van der Waals surface area contributed by atoms with E-state index >= 15 is 0 Å². The SMILES string of the molecule is C#CC(CC)N1C(=O)CCCC1=O. The van der Waals surface area contributed by atoms with Crippen LogP contribution < -0.4 is 0 Å².